The highest BCUT2D eigenvalue weighted by Crippen LogP contribution is 2.20. The van der Waals surface area contributed by atoms with Crippen LogP contribution in [0.4, 0.5) is 5.82 Å². The van der Waals surface area contributed by atoms with Crippen molar-refractivity contribution in [3.63, 3.8) is 0 Å². The second-order valence-corrected chi connectivity index (χ2v) is 5.23. The van der Waals surface area contributed by atoms with Gasteiger partial charge in [-0.3, -0.25) is 0 Å². The third-order valence-electron chi connectivity index (χ3n) is 3.60. The lowest BCUT2D eigenvalue weighted by atomic mass is 10.2. The van der Waals surface area contributed by atoms with Gasteiger partial charge in [0.05, 0.1) is 19.3 Å². The molecule has 0 spiro atoms. The molecule has 0 aliphatic carbocycles. The number of ether oxygens (including phenoxy) is 2. The van der Waals surface area contributed by atoms with E-state index in [1.807, 2.05) is 48.5 Å². The molecular weight excluding hydrogens is 264 g/mol. The Morgan fingerprint density at radius 2 is 2.05 bits per heavy atom. The quantitative estimate of drug-likeness (QED) is 0.864. The van der Waals surface area contributed by atoms with E-state index in [2.05, 4.69) is 16.8 Å². The van der Waals surface area contributed by atoms with Crippen LogP contribution in [-0.2, 0) is 11.3 Å². The van der Waals surface area contributed by atoms with Crippen LogP contribution in [0.15, 0.2) is 48.5 Å². The van der Waals surface area contributed by atoms with E-state index in [-0.39, 0.29) is 0 Å². The number of hydrogen-bond donors (Lipinski definition) is 0. The van der Waals surface area contributed by atoms with Crippen LogP contribution in [0.1, 0.15) is 12.5 Å². The zero-order valence-corrected chi connectivity index (χ0v) is 12.2. The van der Waals surface area contributed by atoms with E-state index in [0.29, 0.717) is 18.5 Å². The summed E-state index contributed by atoms with van der Waals surface area (Å²) >= 11 is 0. The topological polar surface area (TPSA) is 34.6 Å². The minimum atomic E-state index is 0.343. The second-order valence-electron chi connectivity index (χ2n) is 5.23. The third kappa shape index (κ3) is 3.52. The van der Waals surface area contributed by atoms with Gasteiger partial charge in [-0.05, 0) is 18.6 Å². The summed E-state index contributed by atoms with van der Waals surface area (Å²) < 4.78 is 11.3. The maximum atomic E-state index is 5.79. The average Bonchev–Trinajstić information content (AvgIpc) is 2.55. The van der Waals surface area contributed by atoms with E-state index in [9.17, 15) is 0 Å². The molecule has 0 saturated carbocycles. The van der Waals surface area contributed by atoms with Crippen molar-refractivity contribution < 1.29 is 9.47 Å². The molecule has 110 valence electrons. The fraction of sp³-hybridized carbons (Fsp3) is 0.353. The highest BCUT2D eigenvalue weighted by Gasteiger charge is 2.20. The Bertz CT molecular complexity index is 574. The molecule has 3 rings (SSSR count). The average molecular weight is 284 g/mol. The van der Waals surface area contributed by atoms with Crippen LogP contribution in [0.5, 0.6) is 5.88 Å². The van der Waals surface area contributed by atoms with Crippen LogP contribution >= 0.6 is 0 Å². The molecule has 0 bridgehead atoms. The summed E-state index contributed by atoms with van der Waals surface area (Å²) in [4.78, 5) is 6.87. The van der Waals surface area contributed by atoms with Crippen molar-refractivity contribution in [2.45, 2.75) is 19.6 Å². The first kappa shape index (κ1) is 13.9. The van der Waals surface area contributed by atoms with Crippen molar-refractivity contribution in [2.24, 2.45) is 0 Å². The minimum absolute atomic E-state index is 0.343. The summed E-state index contributed by atoms with van der Waals surface area (Å²) in [6, 6.07) is 16.4. The molecule has 2 aromatic rings. The Labute approximate surface area is 125 Å². The standard InChI is InChI=1S/C17H20N2O2/c1-14-12-20-11-10-19(14)16-8-5-9-17(18-16)21-13-15-6-3-2-4-7-15/h2-9,14H,10-13H2,1H3. The van der Waals surface area contributed by atoms with Crippen LogP contribution in [0.25, 0.3) is 0 Å². The lowest BCUT2D eigenvalue weighted by molar-refractivity contribution is 0.0984. The maximum absolute atomic E-state index is 5.79. The van der Waals surface area contributed by atoms with Gasteiger partial charge in [-0.25, -0.2) is 0 Å². The molecule has 4 heteroatoms. The van der Waals surface area contributed by atoms with Crippen molar-refractivity contribution in [1.29, 1.82) is 0 Å². The molecule has 1 atom stereocenters. The van der Waals surface area contributed by atoms with Crippen molar-refractivity contribution in [1.82, 2.24) is 4.98 Å². The molecule has 1 aliphatic heterocycles. The third-order valence-corrected chi connectivity index (χ3v) is 3.60. The van der Waals surface area contributed by atoms with E-state index >= 15 is 0 Å². The largest absolute Gasteiger partial charge is 0.473 e. The Balaban J connectivity index is 1.68. The Morgan fingerprint density at radius 1 is 1.19 bits per heavy atom. The lowest BCUT2D eigenvalue weighted by Crippen LogP contribution is -2.44. The van der Waals surface area contributed by atoms with Gasteiger partial charge in [-0.15, -0.1) is 0 Å². The van der Waals surface area contributed by atoms with Gasteiger partial charge in [0.2, 0.25) is 5.88 Å². The van der Waals surface area contributed by atoms with Crippen molar-refractivity contribution in [3.8, 4) is 5.88 Å². The lowest BCUT2D eigenvalue weighted by Gasteiger charge is -2.34. The van der Waals surface area contributed by atoms with E-state index < -0.39 is 0 Å². The smallest absolute Gasteiger partial charge is 0.215 e. The number of rotatable bonds is 4. The van der Waals surface area contributed by atoms with Gasteiger partial charge in [0.25, 0.3) is 0 Å². The monoisotopic (exact) mass is 284 g/mol. The predicted octanol–water partition coefficient (Wildman–Crippen LogP) is 2.89. The van der Waals surface area contributed by atoms with Gasteiger partial charge >= 0.3 is 0 Å². The number of morpholine rings is 1. The first-order chi connectivity index (χ1) is 10.3. The first-order valence-electron chi connectivity index (χ1n) is 7.31. The van der Waals surface area contributed by atoms with Gasteiger partial charge < -0.3 is 14.4 Å². The van der Waals surface area contributed by atoms with Crippen molar-refractivity contribution >= 4 is 5.82 Å². The van der Waals surface area contributed by atoms with Crippen LogP contribution in [0.3, 0.4) is 0 Å². The number of hydrogen-bond acceptors (Lipinski definition) is 4. The zero-order chi connectivity index (χ0) is 14.5. The number of nitrogens with zero attached hydrogens (tertiary/aromatic N) is 2. The molecule has 1 aromatic heterocycles. The normalized spacial score (nSPS) is 18.5. The Morgan fingerprint density at radius 3 is 2.86 bits per heavy atom. The molecule has 21 heavy (non-hydrogen) atoms. The van der Waals surface area contributed by atoms with Crippen LogP contribution < -0.4 is 9.64 Å². The van der Waals surface area contributed by atoms with Gasteiger partial charge in [0, 0.05) is 12.6 Å². The van der Waals surface area contributed by atoms with Gasteiger partial charge in [-0.1, -0.05) is 36.4 Å². The highest BCUT2D eigenvalue weighted by atomic mass is 16.5. The number of anilines is 1. The number of aromatic nitrogens is 1. The predicted molar refractivity (Wildman–Crippen MR) is 82.6 cm³/mol. The highest BCUT2D eigenvalue weighted by molar-refractivity contribution is 5.42. The Hall–Kier alpha value is -2.07. The fourth-order valence-electron chi connectivity index (χ4n) is 2.44. The SMILES string of the molecule is CC1COCCN1c1cccc(OCc2ccccc2)n1. The number of pyridine rings is 1. The summed E-state index contributed by atoms with van der Waals surface area (Å²) in [5, 5.41) is 0. The molecule has 1 aliphatic rings. The minimum Gasteiger partial charge on any atom is -0.473 e. The van der Waals surface area contributed by atoms with Crippen LogP contribution in [0.2, 0.25) is 0 Å². The summed E-state index contributed by atoms with van der Waals surface area (Å²) in [6.07, 6.45) is 0. The van der Waals surface area contributed by atoms with Gasteiger partial charge in [-0.2, -0.15) is 4.98 Å². The molecular formula is C17H20N2O2. The molecule has 0 N–H and O–H groups in total. The molecule has 1 aromatic carbocycles. The molecule has 1 unspecified atom stereocenters. The van der Waals surface area contributed by atoms with E-state index in [1.165, 1.54) is 0 Å². The first-order valence-corrected chi connectivity index (χ1v) is 7.31. The maximum Gasteiger partial charge on any atom is 0.215 e. The molecule has 4 nitrogen and oxygen atoms in total. The molecule has 1 saturated heterocycles. The van der Waals surface area contributed by atoms with E-state index in [1.54, 1.807) is 0 Å². The number of benzene rings is 1. The Kier molecular flexibility index (Phi) is 4.36. The van der Waals surface area contributed by atoms with Crippen LogP contribution in [0, 0.1) is 0 Å². The van der Waals surface area contributed by atoms with Gasteiger partial charge in [0.1, 0.15) is 12.4 Å². The summed E-state index contributed by atoms with van der Waals surface area (Å²) in [6.45, 7) is 5.06. The molecule has 1 fully saturated rings. The summed E-state index contributed by atoms with van der Waals surface area (Å²) in [7, 11) is 0. The van der Waals surface area contributed by atoms with Crippen molar-refractivity contribution in [2.75, 3.05) is 24.7 Å². The molecule has 2 heterocycles. The fourth-order valence-corrected chi connectivity index (χ4v) is 2.44. The van der Waals surface area contributed by atoms with Crippen molar-refractivity contribution in [3.05, 3.63) is 54.1 Å². The second kappa shape index (κ2) is 6.59. The summed E-state index contributed by atoms with van der Waals surface area (Å²) in [5.41, 5.74) is 1.14. The summed E-state index contributed by atoms with van der Waals surface area (Å²) in [5.74, 6) is 1.62. The van der Waals surface area contributed by atoms with E-state index in [0.717, 1.165) is 31.1 Å². The zero-order valence-electron chi connectivity index (χ0n) is 12.2. The molecule has 0 radical (unpaired) electrons. The molecule has 0 amide bonds. The van der Waals surface area contributed by atoms with Crippen LogP contribution in [-0.4, -0.2) is 30.8 Å². The van der Waals surface area contributed by atoms with E-state index in [4.69, 9.17) is 9.47 Å². The van der Waals surface area contributed by atoms with Gasteiger partial charge in [0.15, 0.2) is 0 Å².